The van der Waals surface area contributed by atoms with Gasteiger partial charge in [0, 0.05) is 24.9 Å². The fraction of sp³-hybridized carbons (Fsp3) is 0.591. The molecule has 1 saturated heterocycles. The van der Waals surface area contributed by atoms with Crippen molar-refractivity contribution >= 4 is 17.7 Å². The third kappa shape index (κ3) is 2.57. The summed E-state index contributed by atoms with van der Waals surface area (Å²) in [7, 11) is 1.41. The lowest BCUT2D eigenvalue weighted by molar-refractivity contribution is -0.149. The largest absolute Gasteiger partial charge is 0.486 e. The predicted octanol–water partition coefficient (Wildman–Crippen LogP) is 2.46. The van der Waals surface area contributed by atoms with Gasteiger partial charge in [0.15, 0.2) is 5.78 Å². The second kappa shape index (κ2) is 6.33. The summed E-state index contributed by atoms with van der Waals surface area (Å²) in [4.78, 5) is 39.4. The number of esters is 1. The summed E-state index contributed by atoms with van der Waals surface area (Å²) < 4.78 is 11.2. The zero-order valence-electron chi connectivity index (χ0n) is 16.1. The van der Waals surface area contributed by atoms with E-state index in [1.807, 2.05) is 29.2 Å². The number of hydrogen-bond acceptors (Lipinski definition) is 5. The van der Waals surface area contributed by atoms with E-state index in [1.54, 1.807) is 0 Å². The fourth-order valence-corrected chi connectivity index (χ4v) is 5.81. The summed E-state index contributed by atoms with van der Waals surface area (Å²) in [5.41, 5.74) is 0.144. The molecule has 5 rings (SSSR count). The first-order valence-electron chi connectivity index (χ1n) is 10.2. The van der Waals surface area contributed by atoms with E-state index in [0.717, 1.165) is 12.8 Å². The standard InChI is InChI=1S/C22H25NO5/c1-27-21(26)13-7-10-23(11-8-13)20(25)18-15-6-9-22(19(15)18)12-16(24)14-4-2-3-5-17(14)28-22/h2-5,13,15,18-19H,6-12H2,1H3/t15-,18-,19+,22-/m1/s1. The van der Waals surface area contributed by atoms with Crippen molar-refractivity contribution < 1.29 is 23.9 Å². The number of fused-ring (bicyclic) bond motifs is 3. The highest BCUT2D eigenvalue weighted by molar-refractivity contribution is 6.00. The molecule has 1 aromatic carbocycles. The van der Waals surface area contributed by atoms with Crippen LogP contribution in [0.4, 0.5) is 0 Å². The van der Waals surface area contributed by atoms with Gasteiger partial charge in [-0.25, -0.2) is 0 Å². The minimum Gasteiger partial charge on any atom is -0.486 e. The van der Waals surface area contributed by atoms with Crippen molar-refractivity contribution in [3.05, 3.63) is 29.8 Å². The molecule has 1 aromatic rings. The lowest BCUT2D eigenvalue weighted by Gasteiger charge is -2.38. The third-order valence-corrected chi connectivity index (χ3v) is 7.26. The van der Waals surface area contributed by atoms with Gasteiger partial charge >= 0.3 is 5.97 Å². The Hall–Kier alpha value is -2.37. The molecule has 4 aliphatic rings. The Morgan fingerprint density at radius 2 is 1.93 bits per heavy atom. The molecule has 2 aliphatic heterocycles. The molecule has 3 fully saturated rings. The van der Waals surface area contributed by atoms with E-state index < -0.39 is 5.60 Å². The summed E-state index contributed by atoms with van der Waals surface area (Å²) in [5, 5.41) is 0. The molecule has 1 amide bonds. The summed E-state index contributed by atoms with van der Waals surface area (Å²) in [6.07, 6.45) is 3.48. The van der Waals surface area contributed by atoms with Crippen LogP contribution in [0.25, 0.3) is 0 Å². The topological polar surface area (TPSA) is 72.9 Å². The maximum atomic E-state index is 13.1. The van der Waals surface area contributed by atoms with Gasteiger partial charge in [-0.15, -0.1) is 0 Å². The molecule has 6 nitrogen and oxygen atoms in total. The summed E-state index contributed by atoms with van der Waals surface area (Å²) in [6.45, 7) is 1.20. The van der Waals surface area contributed by atoms with E-state index in [2.05, 4.69) is 0 Å². The Kier molecular flexibility index (Phi) is 4.00. The summed E-state index contributed by atoms with van der Waals surface area (Å²) in [5.74, 6) is 1.10. The van der Waals surface area contributed by atoms with Crippen LogP contribution in [0.3, 0.4) is 0 Å². The summed E-state index contributed by atoms with van der Waals surface area (Å²) in [6, 6.07) is 7.42. The Labute approximate surface area is 164 Å². The van der Waals surface area contributed by atoms with Gasteiger partial charge < -0.3 is 14.4 Å². The minimum absolute atomic E-state index is 0.0403. The normalized spacial score (nSPS) is 33.8. The van der Waals surface area contributed by atoms with Crippen LogP contribution in [-0.2, 0) is 14.3 Å². The number of carbonyl (C=O) groups is 3. The molecule has 0 aromatic heterocycles. The van der Waals surface area contributed by atoms with Gasteiger partial charge in [0.1, 0.15) is 11.4 Å². The van der Waals surface area contributed by atoms with Crippen LogP contribution >= 0.6 is 0 Å². The molecular weight excluding hydrogens is 358 g/mol. The van der Waals surface area contributed by atoms with Crippen LogP contribution in [-0.4, -0.2) is 48.4 Å². The van der Waals surface area contributed by atoms with Gasteiger partial charge in [-0.2, -0.15) is 0 Å². The number of rotatable bonds is 2. The maximum Gasteiger partial charge on any atom is 0.308 e. The average Bonchev–Trinajstić information content (AvgIpc) is 3.37. The van der Waals surface area contributed by atoms with Crippen LogP contribution in [0.2, 0.25) is 0 Å². The number of amides is 1. The van der Waals surface area contributed by atoms with Crippen molar-refractivity contribution in [2.45, 2.75) is 37.7 Å². The highest BCUT2D eigenvalue weighted by atomic mass is 16.5. The molecule has 148 valence electrons. The maximum absolute atomic E-state index is 13.1. The number of hydrogen-bond donors (Lipinski definition) is 0. The van der Waals surface area contributed by atoms with Crippen molar-refractivity contribution in [1.82, 2.24) is 4.90 Å². The van der Waals surface area contributed by atoms with Crippen molar-refractivity contribution in [3.63, 3.8) is 0 Å². The highest BCUT2D eigenvalue weighted by Crippen LogP contribution is 2.66. The molecule has 28 heavy (non-hydrogen) atoms. The zero-order valence-corrected chi connectivity index (χ0v) is 16.1. The molecular formula is C22H25NO5. The van der Waals surface area contributed by atoms with Gasteiger partial charge in [0.2, 0.25) is 5.91 Å². The van der Waals surface area contributed by atoms with E-state index in [0.29, 0.717) is 49.6 Å². The molecule has 2 heterocycles. The van der Waals surface area contributed by atoms with E-state index in [4.69, 9.17) is 9.47 Å². The van der Waals surface area contributed by atoms with Crippen LogP contribution in [0.15, 0.2) is 24.3 Å². The first-order chi connectivity index (χ1) is 13.5. The van der Waals surface area contributed by atoms with Gasteiger partial charge in [-0.3, -0.25) is 14.4 Å². The van der Waals surface area contributed by atoms with E-state index in [1.165, 1.54) is 7.11 Å². The van der Waals surface area contributed by atoms with Crippen LogP contribution < -0.4 is 4.74 Å². The Bertz CT molecular complexity index is 843. The van der Waals surface area contributed by atoms with Crippen molar-refractivity contribution in [2.75, 3.05) is 20.2 Å². The van der Waals surface area contributed by atoms with Crippen LogP contribution in [0, 0.1) is 23.7 Å². The molecule has 0 unspecified atom stereocenters. The lowest BCUT2D eigenvalue weighted by Crippen LogP contribution is -2.46. The molecule has 1 spiro atoms. The monoisotopic (exact) mass is 383 g/mol. The highest BCUT2D eigenvalue weighted by Gasteiger charge is 2.71. The molecule has 6 heteroatoms. The lowest BCUT2D eigenvalue weighted by atomic mass is 9.84. The average molecular weight is 383 g/mol. The number of carbonyl (C=O) groups excluding carboxylic acids is 3. The molecule has 2 saturated carbocycles. The number of ether oxygens (including phenoxy) is 2. The van der Waals surface area contributed by atoms with Gasteiger partial charge in [-0.1, -0.05) is 12.1 Å². The van der Waals surface area contributed by atoms with Crippen molar-refractivity contribution in [2.24, 2.45) is 23.7 Å². The summed E-state index contributed by atoms with van der Waals surface area (Å²) >= 11 is 0. The predicted molar refractivity (Wildman–Crippen MR) is 99.8 cm³/mol. The number of methoxy groups -OCH3 is 1. The molecule has 0 radical (unpaired) electrons. The Morgan fingerprint density at radius 3 is 2.68 bits per heavy atom. The second-order valence-electron chi connectivity index (χ2n) is 8.64. The van der Waals surface area contributed by atoms with E-state index >= 15 is 0 Å². The second-order valence-corrected chi connectivity index (χ2v) is 8.64. The Morgan fingerprint density at radius 1 is 1.18 bits per heavy atom. The third-order valence-electron chi connectivity index (χ3n) is 7.26. The fourth-order valence-electron chi connectivity index (χ4n) is 5.81. The van der Waals surface area contributed by atoms with Gasteiger partial charge in [0.25, 0.3) is 0 Å². The first kappa shape index (κ1) is 17.7. The quantitative estimate of drug-likeness (QED) is 0.734. The number of Topliss-reactive ketones (excluding diaryl/α,β-unsaturated/α-hetero) is 1. The number of ketones is 1. The molecule has 0 N–H and O–H groups in total. The minimum atomic E-state index is -0.513. The van der Waals surface area contributed by atoms with E-state index in [9.17, 15) is 14.4 Å². The van der Waals surface area contributed by atoms with Crippen molar-refractivity contribution in [3.8, 4) is 5.75 Å². The van der Waals surface area contributed by atoms with Crippen molar-refractivity contribution in [1.29, 1.82) is 0 Å². The Balaban J connectivity index is 1.29. The number of nitrogens with zero attached hydrogens (tertiary/aromatic N) is 1. The number of benzene rings is 1. The number of likely N-dealkylation sites (tertiary alicyclic amines) is 1. The van der Waals surface area contributed by atoms with Crippen LogP contribution in [0.5, 0.6) is 5.75 Å². The number of para-hydroxylation sites is 1. The molecule has 4 atom stereocenters. The SMILES string of the molecule is COC(=O)C1CCN(C(=O)[C@@H]2[C@H]3CC[C@@]4(CC(=O)c5ccccc5O4)[C@@H]32)CC1. The zero-order chi connectivity index (χ0) is 19.5. The number of piperidine rings is 1. The van der Waals surface area contributed by atoms with Gasteiger partial charge in [-0.05, 0) is 43.7 Å². The molecule has 0 bridgehead atoms. The van der Waals surface area contributed by atoms with E-state index in [-0.39, 0.29) is 35.4 Å². The van der Waals surface area contributed by atoms with Crippen LogP contribution in [0.1, 0.15) is 42.5 Å². The first-order valence-corrected chi connectivity index (χ1v) is 10.2. The van der Waals surface area contributed by atoms with Gasteiger partial charge in [0.05, 0.1) is 25.0 Å². The molecule has 2 aliphatic carbocycles. The smallest absolute Gasteiger partial charge is 0.308 e.